The normalized spacial score (nSPS) is 11.5. The van der Waals surface area contributed by atoms with Crippen molar-refractivity contribution >= 4 is 51.9 Å². The summed E-state index contributed by atoms with van der Waals surface area (Å²) in [6, 6.07) is 16.5. The van der Waals surface area contributed by atoms with Crippen molar-refractivity contribution in [3.63, 3.8) is 0 Å². The number of nitriles is 1. The van der Waals surface area contributed by atoms with E-state index in [1.807, 2.05) is 12.1 Å². The third kappa shape index (κ3) is 7.38. The van der Waals surface area contributed by atoms with Gasteiger partial charge in [0.15, 0.2) is 11.5 Å². The van der Waals surface area contributed by atoms with Gasteiger partial charge in [-0.1, -0.05) is 29.8 Å². The van der Waals surface area contributed by atoms with Crippen molar-refractivity contribution in [1.82, 2.24) is 0 Å². The van der Waals surface area contributed by atoms with Crippen LogP contribution in [0.25, 0.3) is 6.08 Å². The molecule has 0 unspecified atom stereocenters. The smallest absolute Gasteiger partial charge is 0.416 e. The Morgan fingerprint density at radius 3 is 2.56 bits per heavy atom. The van der Waals surface area contributed by atoms with Crippen LogP contribution >= 0.6 is 34.2 Å². The second kappa shape index (κ2) is 12.1. The maximum Gasteiger partial charge on any atom is 0.416 e. The number of anilines is 1. The Bertz CT molecular complexity index is 1340. The van der Waals surface area contributed by atoms with E-state index < -0.39 is 17.6 Å². The van der Waals surface area contributed by atoms with Crippen LogP contribution in [0, 0.1) is 14.9 Å². The molecule has 0 aromatic heterocycles. The van der Waals surface area contributed by atoms with E-state index in [0.29, 0.717) is 32.3 Å². The Hall–Kier alpha value is -3.23. The lowest BCUT2D eigenvalue weighted by Gasteiger charge is -2.15. The number of rotatable bonds is 8. The van der Waals surface area contributed by atoms with E-state index in [2.05, 4.69) is 27.9 Å². The van der Waals surface area contributed by atoms with E-state index in [1.165, 1.54) is 18.2 Å². The molecule has 1 N–H and O–H groups in total. The van der Waals surface area contributed by atoms with Crippen molar-refractivity contribution in [2.24, 2.45) is 0 Å². The summed E-state index contributed by atoms with van der Waals surface area (Å²) in [6.45, 7) is 2.39. The average Bonchev–Trinajstić information content (AvgIpc) is 2.82. The van der Waals surface area contributed by atoms with Crippen LogP contribution in [-0.2, 0) is 17.6 Å². The number of nitrogens with zero attached hydrogens (tertiary/aromatic N) is 1. The first-order chi connectivity index (χ1) is 17.1. The van der Waals surface area contributed by atoms with Crippen LogP contribution in [0.5, 0.6) is 11.5 Å². The first kappa shape index (κ1) is 27.4. The molecule has 3 aromatic rings. The molecule has 186 valence electrons. The molecule has 36 heavy (non-hydrogen) atoms. The third-order valence-corrected chi connectivity index (χ3v) is 5.76. The van der Waals surface area contributed by atoms with Crippen LogP contribution in [0.4, 0.5) is 18.9 Å². The lowest BCUT2D eigenvalue weighted by Crippen LogP contribution is -2.14. The average molecular weight is 627 g/mol. The summed E-state index contributed by atoms with van der Waals surface area (Å²) in [5.41, 5.74) is 0.0621. The van der Waals surface area contributed by atoms with Crippen molar-refractivity contribution in [1.29, 1.82) is 5.26 Å². The molecule has 3 aromatic carbocycles. The molecular formula is C26H19ClF3IN2O3. The zero-order valence-corrected chi connectivity index (χ0v) is 21.7. The minimum Gasteiger partial charge on any atom is -0.490 e. The zero-order chi connectivity index (χ0) is 26.3. The van der Waals surface area contributed by atoms with Gasteiger partial charge in [-0.15, -0.1) is 0 Å². The van der Waals surface area contributed by atoms with Gasteiger partial charge in [0.2, 0.25) is 0 Å². The maximum absolute atomic E-state index is 13.0. The number of alkyl halides is 3. The molecule has 0 atom stereocenters. The molecule has 0 aliphatic carbocycles. The molecule has 0 saturated heterocycles. The van der Waals surface area contributed by atoms with Gasteiger partial charge in [0, 0.05) is 10.7 Å². The molecule has 5 nitrogen and oxygen atoms in total. The Kier molecular flexibility index (Phi) is 9.23. The number of hydrogen-bond acceptors (Lipinski definition) is 4. The van der Waals surface area contributed by atoms with Gasteiger partial charge in [-0.25, -0.2) is 0 Å². The molecule has 10 heteroatoms. The highest BCUT2D eigenvalue weighted by Gasteiger charge is 2.30. The van der Waals surface area contributed by atoms with E-state index in [0.717, 1.165) is 17.7 Å². The van der Waals surface area contributed by atoms with Gasteiger partial charge in [0.1, 0.15) is 18.2 Å². The van der Waals surface area contributed by atoms with Crippen molar-refractivity contribution in [3.05, 3.63) is 91.5 Å². The van der Waals surface area contributed by atoms with Gasteiger partial charge in [0.25, 0.3) is 5.91 Å². The Morgan fingerprint density at radius 1 is 1.14 bits per heavy atom. The van der Waals surface area contributed by atoms with Crippen LogP contribution in [0.2, 0.25) is 5.02 Å². The summed E-state index contributed by atoms with van der Waals surface area (Å²) in [5, 5.41) is 12.4. The van der Waals surface area contributed by atoms with Gasteiger partial charge in [-0.2, -0.15) is 18.4 Å². The molecule has 1 amide bonds. The number of halogens is 5. The Balaban J connectivity index is 1.84. The molecule has 0 spiro atoms. The number of nitrogens with one attached hydrogen (secondary N) is 1. The van der Waals surface area contributed by atoms with Gasteiger partial charge < -0.3 is 14.8 Å². The monoisotopic (exact) mass is 626 g/mol. The fraction of sp³-hybridized carbons (Fsp3) is 0.154. The summed E-state index contributed by atoms with van der Waals surface area (Å²) in [4.78, 5) is 12.6. The molecule has 0 aliphatic rings. The van der Waals surface area contributed by atoms with Gasteiger partial charge in [-0.3, -0.25) is 4.79 Å². The third-order valence-electron chi connectivity index (χ3n) is 4.73. The van der Waals surface area contributed by atoms with Crippen LogP contribution in [0.15, 0.2) is 66.2 Å². The number of amides is 1. The van der Waals surface area contributed by atoms with Gasteiger partial charge in [0.05, 0.1) is 15.7 Å². The quantitative estimate of drug-likeness (QED) is 0.160. The molecule has 0 saturated carbocycles. The maximum atomic E-state index is 13.0. The minimum atomic E-state index is -4.56. The first-order valence-corrected chi connectivity index (χ1v) is 12.0. The standard InChI is InChI=1S/C26H19ClF3IN2O3/c1-2-35-23-12-17(11-22(31)24(23)36-15-16-5-3-7-20(27)10-16)9-18(14-32)25(34)33-21-8-4-6-19(13-21)26(28,29)30/h3-13H,2,15H2,1H3,(H,33,34)/b18-9+. The van der Waals surface area contributed by atoms with Gasteiger partial charge >= 0.3 is 6.18 Å². The SMILES string of the molecule is CCOc1cc(/C=C(\C#N)C(=O)Nc2cccc(C(F)(F)F)c2)cc(I)c1OCc1cccc(Cl)c1. The topological polar surface area (TPSA) is 71.3 Å². The van der Waals surface area contributed by atoms with E-state index in [1.54, 1.807) is 37.3 Å². The summed E-state index contributed by atoms with van der Waals surface area (Å²) < 4.78 is 51.2. The van der Waals surface area contributed by atoms with Crippen LogP contribution in [0.3, 0.4) is 0 Å². The van der Waals surface area contributed by atoms with E-state index >= 15 is 0 Å². The van der Waals surface area contributed by atoms with E-state index in [4.69, 9.17) is 21.1 Å². The predicted octanol–water partition coefficient (Wildman–Crippen LogP) is 7.49. The minimum absolute atomic E-state index is 0.0784. The summed E-state index contributed by atoms with van der Waals surface area (Å²) in [5.74, 6) is 0.0563. The highest BCUT2D eigenvalue weighted by atomic mass is 127. The Morgan fingerprint density at radius 2 is 1.89 bits per heavy atom. The number of hydrogen-bond donors (Lipinski definition) is 1. The lowest BCUT2D eigenvalue weighted by molar-refractivity contribution is -0.137. The van der Waals surface area contributed by atoms with Crippen LogP contribution in [-0.4, -0.2) is 12.5 Å². The fourth-order valence-corrected chi connectivity index (χ4v) is 4.14. The molecule has 0 bridgehead atoms. The predicted molar refractivity (Wildman–Crippen MR) is 140 cm³/mol. The second-order valence-electron chi connectivity index (χ2n) is 7.38. The van der Waals surface area contributed by atoms with Gasteiger partial charge in [-0.05, 0) is 89.2 Å². The van der Waals surface area contributed by atoms with E-state index in [9.17, 15) is 23.2 Å². The number of ether oxygens (including phenoxy) is 2. The van der Waals surface area contributed by atoms with E-state index in [-0.39, 0.29) is 17.9 Å². The lowest BCUT2D eigenvalue weighted by atomic mass is 10.1. The van der Waals surface area contributed by atoms with Crippen molar-refractivity contribution in [2.75, 3.05) is 11.9 Å². The highest BCUT2D eigenvalue weighted by Crippen LogP contribution is 2.36. The molecule has 0 aliphatic heterocycles. The molecule has 3 rings (SSSR count). The first-order valence-electron chi connectivity index (χ1n) is 10.5. The highest BCUT2D eigenvalue weighted by molar-refractivity contribution is 14.1. The largest absolute Gasteiger partial charge is 0.490 e. The number of benzene rings is 3. The van der Waals surface area contributed by atoms with Crippen molar-refractivity contribution in [2.45, 2.75) is 19.7 Å². The summed E-state index contributed by atoms with van der Waals surface area (Å²) >= 11 is 8.09. The zero-order valence-electron chi connectivity index (χ0n) is 18.8. The van der Waals surface area contributed by atoms with Crippen molar-refractivity contribution < 1.29 is 27.4 Å². The summed E-state index contributed by atoms with van der Waals surface area (Å²) in [6.07, 6.45) is -3.23. The van der Waals surface area contributed by atoms with Crippen LogP contribution < -0.4 is 14.8 Å². The molecule has 0 heterocycles. The van der Waals surface area contributed by atoms with Crippen LogP contribution in [0.1, 0.15) is 23.6 Å². The fourth-order valence-electron chi connectivity index (χ4n) is 3.14. The summed E-state index contributed by atoms with van der Waals surface area (Å²) in [7, 11) is 0. The van der Waals surface area contributed by atoms with Crippen molar-refractivity contribution in [3.8, 4) is 17.6 Å². The molecular weight excluding hydrogens is 608 g/mol. The second-order valence-corrected chi connectivity index (χ2v) is 8.98. The molecule has 0 radical (unpaired) electrons. The molecule has 0 fully saturated rings. The number of carbonyl (C=O) groups excluding carboxylic acids is 1. The number of carbonyl (C=O) groups is 1. The Labute approximate surface area is 224 Å².